The Morgan fingerprint density at radius 2 is 1.96 bits per heavy atom. The molecule has 0 aliphatic carbocycles. The average Bonchev–Trinajstić information content (AvgIpc) is 2.41. The number of nitrogens with one attached hydrogen (secondary N) is 1. The van der Waals surface area contributed by atoms with Gasteiger partial charge in [0, 0.05) is 25.0 Å². The van der Waals surface area contributed by atoms with Gasteiger partial charge < -0.3 is 4.90 Å². The molecule has 0 amide bonds. The van der Waals surface area contributed by atoms with Crippen molar-refractivity contribution in [3.05, 3.63) is 29.6 Å². The highest BCUT2D eigenvalue weighted by molar-refractivity contribution is 7.87. The zero-order valence-corrected chi connectivity index (χ0v) is 14.1. The zero-order chi connectivity index (χ0) is 16.6. The van der Waals surface area contributed by atoms with Crippen molar-refractivity contribution in [3.8, 4) is 0 Å². The number of rotatable bonds is 5. The number of aryl methyl sites for hydroxylation is 2. The Hall–Kier alpha value is -1.77. The Bertz CT molecular complexity index is 831. The topological polar surface area (TPSA) is 101 Å². The maximum absolute atomic E-state index is 10.9. The Morgan fingerprint density at radius 3 is 2.65 bits per heavy atom. The van der Waals surface area contributed by atoms with Gasteiger partial charge in [0.1, 0.15) is 12.1 Å². The molecule has 0 saturated carbocycles. The highest BCUT2D eigenvalue weighted by Gasteiger charge is 2.28. The van der Waals surface area contributed by atoms with Gasteiger partial charge in [0.2, 0.25) is 0 Å². The van der Waals surface area contributed by atoms with Crippen molar-refractivity contribution in [2.24, 2.45) is 11.1 Å². The molecule has 1 aliphatic heterocycles. The van der Waals surface area contributed by atoms with Crippen LogP contribution < -0.4 is 14.8 Å². The summed E-state index contributed by atoms with van der Waals surface area (Å²) in [5.74, 6) is 1.40. The molecule has 23 heavy (non-hydrogen) atoms. The first kappa shape index (κ1) is 16.1. The van der Waals surface area contributed by atoms with Gasteiger partial charge in [0.05, 0.1) is 5.52 Å². The molecule has 8 heteroatoms. The third kappa shape index (κ3) is 3.60. The van der Waals surface area contributed by atoms with Crippen molar-refractivity contribution in [3.63, 3.8) is 0 Å². The number of aromatic nitrogens is 2. The van der Waals surface area contributed by atoms with Gasteiger partial charge in [-0.3, -0.25) is 0 Å². The fourth-order valence-corrected chi connectivity index (χ4v) is 3.29. The van der Waals surface area contributed by atoms with E-state index in [1.165, 1.54) is 11.1 Å². The van der Waals surface area contributed by atoms with Crippen LogP contribution in [-0.2, 0) is 10.2 Å². The minimum Gasteiger partial charge on any atom is -0.355 e. The number of nitrogens with zero attached hydrogens (tertiary/aromatic N) is 3. The van der Waals surface area contributed by atoms with Crippen LogP contribution in [-0.4, -0.2) is 38.0 Å². The van der Waals surface area contributed by atoms with E-state index in [1.54, 1.807) is 6.33 Å². The van der Waals surface area contributed by atoms with Crippen LogP contribution in [0.2, 0.25) is 0 Å². The van der Waals surface area contributed by atoms with Crippen molar-refractivity contribution in [2.75, 3.05) is 24.5 Å². The van der Waals surface area contributed by atoms with Crippen LogP contribution in [0.4, 0.5) is 5.82 Å². The van der Waals surface area contributed by atoms with Crippen molar-refractivity contribution in [2.45, 2.75) is 20.3 Å². The molecule has 2 heterocycles. The van der Waals surface area contributed by atoms with E-state index in [9.17, 15) is 8.42 Å². The summed E-state index contributed by atoms with van der Waals surface area (Å²) >= 11 is 0. The predicted molar refractivity (Wildman–Crippen MR) is 90.4 cm³/mol. The van der Waals surface area contributed by atoms with Crippen LogP contribution in [0.15, 0.2) is 18.5 Å². The first-order valence-corrected chi connectivity index (χ1v) is 9.12. The normalized spacial score (nSPS) is 15.9. The number of hydrogen-bond acceptors (Lipinski definition) is 5. The molecule has 0 bridgehead atoms. The molecule has 3 rings (SSSR count). The Morgan fingerprint density at radius 1 is 1.26 bits per heavy atom. The van der Waals surface area contributed by atoms with Crippen LogP contribution in [0.25, 0.3) is 10.9 Å². The van der Waals surface area contributed by atoms with Gasteiger partial charge in [-0.05, 0) is 49.4 Å². The second-order valence-corrected chi connectivity index (χ2v) is 7.53. The summed E-state index contributed by atoms with van der Waals surface area (Å²) < 4.78 is 24.0. The lowest BCUT2D eigenvalue weighted by Gasteiger charge is -2.40. The molecule has 3 N–H and O–H groups in total. The lowest BCUT2D eigenvalue weighted by molar-refractivity contribution is 0.382. The van der Waals surface area contributed by atoms with Crippen molar-refractivity contribution >= 4 is 26.9 Å². The molecular weight excluding hydrogens is 314 g/mol. The van der Waals surface area contributed by atoms with Gasteiger partial charge >= 0.3 is 0 Å². The monoisotopic (exact) mass is 335 g/mol. The minimum absolute atomic E-state index is 0.375. The molecule has 1 aromatic heterocycles. The van der Waals surface area contributed by atoms with Crippen molar-refractivity contribution in [1.82, 2.24) is 14.7 Å². The maximum atomic E-state index is 10.9. The molecule has 0 atom stereocenters. The SMILES string of the molecule is Cc1cc2ncnc(N3CC(CCNS(N)(=O)=O)C3)c2cc1C. The van der Waals surface area contributed by atoms with E-state index in [2.05, 4.69) is 45.6 Å². The van der Waals surface area contributed by atoms with E-state index in [0.717, 1.165) is 36.2 Å². The molecule has 7 nitrogen and oxygen atoms in total. The van der Waals surface area contributed by atoms with Crippen LogP contribution in [0.5, 0.6) is 0 Å². The number of fused-ring (bicyclic) bond motifs is 1. The molecule has 1 aromatic carbocycles. The standard InChI is InChI=1S/C15H21N5O2S/c1-10-5-13-14(6-11(10)2)17-9-18-15(13)20-7-12(8-20)3-4-19-23(16,21)22/h5-6,9,12,19H,3-4,7-8H2,1-2H3,(H2,16,21,22). The second kappa shape index (κ2) is 6.03. The van der Waals surface area contributed by atoms with E-state index in [-0.39, 0.29) is 0 Å². The van der Waals surface area contributed by atoms with Gasteiger partial charge in [0.25, 0.3) is 10.2 Å². The summed E-state index contributed by atoms with van der Waals surface area (Å²) in [5, 5.41) is 5.99. The lowest BCUT2D eigenvalue weighted by atomic mass is 9.95. The average molecular weight is 335 g/mol. The molecule has 1 saturated heterocycles. The summed E-state index contributed by atoms with van der Waals surface area (Å²) in [6.45, 7) is 6.27. The molecule has 1 fully saturated rings. The maximum Gasteiger partial charge on any atom is 0.274 e. The molecule has 0 radical (unpaired) electrons. The highest BCUT2D eigenvalue weighted by atomic mass is 32.2. The van der Waals surface area contributed by atoms with E-state index in [0.29, 0.717) is 12.5 Å². The molecule has 1 aliphatic rings. The van der Waals surface area contributed by atoms with Crippen LogP contribution in [0, 0.1) is 19.8 Å². The molecule has 124 valence electrons. The molecular formula is C15H21N5O2S. The zero-order valence-electron chi connectivity index (χ0n) is 13.3. The smallest absolute Gasteiger partial charge is 0.274 e. The molecule has 0 unspecified atom stereocenters. The summed E-state index contributed by atoms with van der Waals surface area (Å²) in [6, 6.07) is 4.22. The highest BCUT2D eigenvalue weighted by Crippen LogP contribution is 2.31. The fourth-order valence-electron chi connectivity index (χ4n) is 2.88. The summed E-state index contributed by atoms with van der Waals surface area (Å²) in [4.78, 5) is 11.0. The van der Waals surface area contributed by atoms with E-state index in [4.69, 9.17) is 5.14 Å². The third-order valence-electron chi connectivity index (χ3n) is 4.34. The lowest BCUT2D eigenvalue weighted by Crippen LogP contribution is -2.48. The van der Waals surface area contributed by atoms with Crippen LogP contribution in [0.3, 0.4) is 0 Å². The van der Waals surface area contributed by atoms with Gasteiger partial charge in [-0.15, -0.1) is 0 Å². The van der Waals surface area contributed by atoms with Gasteiger partial charge in [-0.2, -0.15) is 8.42 Å². The van der Waals surface area contributed by atoms with Crippen LogP contribution >= 0.6 is 0 Å². The molecule has 2 aromatic rings. The Labute approximate surface area is 136 Å². The van der Waals surface area contributed by atoms with Gasteiger partial charge in [-0.1, -0.05) is 0 Å². The molecule has 0 spiro atoms. The third-order valence-corrected chi connectivity index (χ3v) is 4.95. The van der Waals surface area contributed by atoms with E-state index >= 15 is 0 Å². The van der Waals surface area contributed by atoms with E-state index in [1.807, 2.05) is 0 Å². The summed E-state index contributed by atoms with van der Waals surface area (Å²) in [7, 11) is -3.59. The van der Waals surface area contributed by atoms with Crippen molar-refractivity contribution < 1.29 is 8.42 Å². The van der Waals surface area contributed by atoms with Gasteiger partial charge in [-0.25, -0.2) is 19.8 Å². The predicted octanol–water partition coefficient (Wildman–Crippen LogP) is 0.866. The van der Waals surface area contributed by atoms with Gasteiger partial charge in [0.15, 0.2) is 0 Å². The number of anilines is 1. The summed E-state index contributed by atoms with van der Waals surface area (Å²) in [6.07, 6.45) is 2.37. The second-order valence-electron chi connectivity index (χ2n) is 6.15. The summed E-state index contributed by atoms with van der Waals surface area (Å²) in [5.41, 5.74) is 3.40. The van der Waals surface area contributed by atoms with Crippen molar-refractivity contribution in [1.29, 1.82) is 0 Å². The largest absolute Gasteiger partial charge is 0.355 e. The Balaban J connectivity index is 1.68. The Kier molecular flexibility index (Phi) is 4.22. The fraction of sp³-hybridized carbons (Fsp3) is 0.467. The number of hydrogen-bond donors (Lipinski definition) is 2. The minimum atomic E-state index is -3.59. The first-order valence-electron chi connectivity index (χ1n) is 7.58. The van der Waals surface area contributed by atoms with E-state index < -0.39 is 10.2 Å². The van der Waals surface area contributed by atoms with Crippen LogP contribution in [0.1, 0.15) is 17.5 Å². The quantitative estimate of drug-likeness (QED) is 0.844. The number of nitrogens with two attached hydrogens (primary N) is 1. The number of benzene rings is 1. The first-order chi connectivity index (χ1) is 10.8.